The van der Waals surface area contributed by atoms with Crippen LogP contribution in [0.1, 0.15) is 22.3 Å². The molecule has 0 aliphatic carbocycles. The van der Waals surface area contributed by atoms with Crippen LogP contribution in [0, 0.1) is 29.8 Å². The number of halogens is 1. The lowest BCUT2D eigenvalue weighted by Crippen LogP contribution is -2.20. The highest BCUT2D eigenvalue weighted by Crippen LogP contribution is 2.33. The molecule has 0 fully saturated rings. The number of nitrogens with one attached hydrogen (secondary N) is 1. The number of carbonyl (C=O) groups is 1. The molecule has 0 heterocycles. The number of aryl methyl sites for hydroxylation is 2. The Balaban J connectivity index is 2.04. The minimum Gasteiger partial charge on any atom is -0.493 e. The SMILES string of the molecule is C#CCOc1c(I)cc(/C=N\NC(=O)Cc2ccc(C)cc2C)cc1OC. The Morgan fingerprint density at radius 1 is 1.33 bits per heavy atom. The van der Waals surface area contributed by atoms with E-state index in [0.29, 0.717) is 11.5 Å². The maximum Gasteiger partial charge on any atom is 0.244 e. The highest BCUT2D eigenvalue weighted by Gasteiger charge is 2.11. The van der Waals surface area contributed by atoms with Crippen LogP contribution < -0.4 is 14.9 Å². The molecule has 6 heteroatoms. The minimum absolute atomic E-state index is 0.161. The van der Waals surface area contributed by atoms with Crippen molar-refractivity contribution in [3.8, 4) is 23.8 Å². The lowest BCUT2D eigenvalue weighted by Gasteiger charge is -2.11. The van der Waals surface area contributed by atoms with E-state index >= 15 is 0 Å². The van der Waals surface area contributed by atoms with Crippen molar-refractivity contribution >= 4 is 34.7 Å². The number of carbonyl (C=O) groups excluding carboxylic acids is 1. The minimum atomic E-state index is -0.172. The summed E-state index contributed by atoms with van der Waals surface area (Å²) in [5.41, 5.74) is 6.58. The molecule has 0 saturated carbocycles. The van der Waals surface area contributed by atoms with Crippen LogP contribution in [0.3, 0.4) is 0 Å². The Labute approximate surface area is 173 Å². The molecule has 0 aliphatic rings. The normalized spacial score (nSPS) is 10.5. The molecule has 0 radical (unpaired) electrons. The van der Waals surface area contributed by atoms with E-state index in [0.717, 1.165) is 20.3 Å². The molecular formula is C21H21IN2O3. The van der Waals surface area contributed by atoms with E-state index in [4.69, 9.17) is 15.9 Å². The highest BCUT2D eigenvalue weighted by atomic mass is 127. The molecule has 0 aromatic heterocycles. The maximum absolute atomic E-state index is 12.1. The fourth-order valence-electron chi connectivity index (χ4n) is 2.50. The van der Waals surface area contributed by atoms with Gasteiger partial charge in [-0.1, -0.05) is 29.7 Å². The van der Waals surface area contributed by atoms with E-state index in [2.05, 4.69) is 45.1 Å². The molecule has 0 spiro atoms. The summed E-state index contributed by atoms with van der Waals surface area (Å²) in [6.07, 6.45) is 7.08. The standard InChI is InChI=1S/C21H21IN2O3/c1-5-8-27-21-18(22)10-16(11-19(21)26-4)13-23-24-20(25)12-17-7-6-14(2)9-15(17)3/h1,6-7,9-11,13H,8,12H2,2-4H3,(H,24,25)/b23-13-. The Morgan fingerprint density at radius 2 is 2.11 bits per heavy atom. The highest BCUT2D eigenvalue weighted by molar-refractivity contribution is 14.1. The first kappa shape index (κ1) is 20.8. The predicted octanol–water partition coefficient (Wildman–Crippen LogP) is 3.62. The van der Waals surface area contributed by atoms with E-state index in [1.54, 1.807) is 19.4 Å². The van der Waals surface area contributed by atoms with Crippen LogP contribution in [0.15, 0.2) is 35.4 Å². The second-order valence-electron chi connectivity index (χ2n) is 5.93. The topological polar surface area (TPSA) is 59.9 Å². The first-order chi connectivity index (χ1) is 12.9. The van der Waals surface area contributed by atoms with Crippen LogP contribution in [-0.4, -0.2) is 25.8 Å². The first-order valence-corrected chi connectivity index (χ1v) is 9.34. The van der Waals surface area contributed by atoms with Gasteiger partial charge in [0.1, 0.15) is 6.61 Å². The number of hydrazone groups is 1. The number of nitrogens with zero attached hydrogens (tertiary/aromatic N) is 1. The number of methoxy groups -OCH3 is 1. The molecule has 2 aromatic carbocycles. The molecule has 0 unspecified atom stereocenters. The van der Waals surface area contributed by atoms with Gasteiger partial charge in [-0.15, -0.1) is 6.42 Å². The summed E-state index contributed by atoms with van der Waals surface area (Å²) in [7, 11) is 1.56. The Morgan fingerprint density at radius 3 is 2.78 bits per heavy atom. The van der Waals surface area contributed by atoms with Gasteiger partial charge in [0, 0.05) is 0 Å². The molecule has 27 heavy (non-hydrogen) atoms. The third-order valence-electron chi connectivity index (χ3n) is 3.80. The van der Waals surface area contributed by atoms with Crippen LogP contribution in [0.4, 0.5) is 0 Å². The van der Waals surface area contributed by atoms with Gasteiger partial charge < -0.3 is 9.47 Å². The summed E-state index contributed by atoms with van der Waals surface area (Å²) in [6, 6.07) is 9.67. The van der Waals surface area contributed by atoms with E-state index in [1.807, 2.05) is 32.0 Å². The number of benzene rings is 2. The van der Waals surface area contributed by atoms with Crippen LogP contribution in [0.25, 0.3) is 0 Å². The van der Waals surface area contributed by atoms with Gasteiger partial charge in [0.15, 0.2) is 11.5 Å². The lowest BCUT2D eigenvalue weighted by molar-refractivity contribution is -0.120. The van der Waals surface area contributed by atoms with Crippen molar-refractivity contribution in [2.75, 3.05) is 13.7 Å². The Hall–Kier alpha value is -2.53. The zero-order valence-corrected chi connectivity index (χ0v) is 17.7. The third kappa shape index (κ3) is 6.00. The van der Waals surface area contributed by atoms with Crippen molar-refractivity contribution < 1.29 is 14.3 Å². The summed E-state index contributed by atoms with van der Waals surface area (Å²) < 4.78 is 11.7. The third-order valence-corrected chi connectivity index (χ3v) is 4.60. The number of hydrogen-bond donors (Lipinski definition) is 1. The average molecular weight is 476 g/mol. The molecule has 0 atom stereocenters. The summed E-state index contributed by atoms with van der Waals surface area (Å²) in [4.78, 5) is 12.1. The quantitative estimate of drug-likeness (QED) is 0.288. The molecule has 2 rings (SSSR count). The average Bonchev–Trinajstić information content (AvgIpc) is 2.63. The van der Waals surface area contributed by atoms with Crippen molar-refractivity contribution in [3.05, 3.63) is 56.2 Å². The van der Waals surface area contributed by atoms with Gasteiger partial charge in [-0.2, -0.15) is 5.10 Å². The number of terminal acetylenes is 1. The zero-order chi connectivity index (χ0) is 19.8. The fraction of sp³-hybridized carbons (Fsp3) is 0.238. The van der Waals surface area contributed by atoms with Crippen LogP contribution in [0.5, 0.6) is 11.5 Å². The molecule has 140 valence electrons. The first-order valence-electron chi connectivity index (χ1n) is 8.26. The molecule has 1 amide bonds. The second-order valence-corrected chi connectivity index (χ2v) is 7.09. The lowest BCUT2D eigenvalue weighted by atomic mass is 10.0. The van der Waals surface area contributed by atoms with Crippen molar-refractivity contribution in [1.82, 2.24) is 5.43 Å². The van der Waals surface area contributed by atoms with Gasteiger partial charge in [-0.05, 0) is 65.3 Å². The zero-order valence-electron chi connectivity index (χ0n) is 15.5. The molecule has 0 aliphatic heterocycles. The van der Waals surface area contributed by atoms with Gasteiger partial charge in [0.05, 0.1) is 23.3 Å². The number of amides is 1. The second kappa shape index (κ2) is 9.97. The van der Waals surface area contributed by atoms with Crippen LogP contribution in [0.2, 0.25) is 0 Å². The molecule has 1 N–H and O–H groups in total. The van der Waals surface area contributed by atoms with E-state index < -0.39 is 0 Å². The van der Waals surface area contributed by atoms with Gasteiger partial charge in [-0.25, -0.2) is 5.43 Å². The molecule has 2 aromatic rings. The largest absolute Gasteiger partial charge is 0.493 e. The van der Waals surface area contributed by atoms with E-state index in [1.165, 1.54) is 5.56 Å². The summed E-state index contributed by atoms with van der Waals surface area (Å²) >= 11 is 2.14. The van der Waals surface area contributed by atoms with Crippen molar-refractivity contribution in [3.63, 3.8) is 0 Å². The maximum atomic E-state index is 12.1. The van der Waals surface area contributed by atoms with Crippen molar-refractivity contribution in [2.24, 2.45) is 5.10 Å². The van der Waals surface area contributed by atoms with Gasteiger partial charge in [0.2, 0.25) is 5.91 Å². The van der Waals surface area contributed by atoms with E-state index in [-0.39, 0.29) is 18.9 Å². The Bertz CT molecular complexity index is 901. The van der Waals surface area contributed by atoms with Gasteiger partial charge in [0.25, 0.3) is 0 Å². The predicted molar refractivity (Wildman–Crippen MR) is 115 cm³/mol. The van der Waals surface area contributed by atoms with Crippen molar-refractivity contribution in [1.29, 1.82) is 0 Å². The Kier molecular flexibility index (Phi) is 7.67. The number of hydrogen-bond acceptors (Lipinski definition) is 4. The summed E-state index contributed by atoms with van der Waals surface area (Å²) in [5.74, 6) is 3.40. The molecule has 0 bridgehead atoms. The van der Waals surface area contributed by atoms with Crippen LogP contribution in [-0.2, 0) is 11.2 Å². The summed E-state index contributed by atoms with van der Waals surface area (Å²) in [6.45, 7) is 4.19. The molecule has 0 saturated heterocycles. The van der Waals surface area contributed by atoms with Gasteiger partial charge >= 0.3 is 0 Å². The van der Waals surface area contributed by atoms with Gasteiger partial charge in [-0.3, -0.25) is 4.79 Å². The number of ether oxygens (including phenoxy) is 2. The fourth-order valence-corrected chi connectivity index (χ4v) is 3.28. The molecular weight excluding hydrogens is 455 g/mol. The monoisotopic (exact) mass is 476 g/mol. The molecule has 5 nitrogen and oxygen atoms in total. The van der Waals surface area contributed by atoms with E-state index in [9.17, 15) is 4.79 Å². The van der Waals surface area contributed by atoms with Crippen molar-refractivity contribution in [2.45, 2.75) is 20.3 Å². The number of rotatable bonds is 7. The van der Waals surface area contributed by atoms with Crippen LogP contribution >= 0.6 is 22.6 Å². The summed E-state index contributed by atoms with van der Waals surface area (Å²) in [5, 5.41) is 4.04. The smallest absolute Gasteiger partial charge is 0.244 e.